The van der Waals surface area contributed by atoms with Crippen molar-refractivity contribution in [2.24, 2.45) is 5.92 Å². The van der Waals surface area contributed by atoms with Crippen LogP contribution in [0.1, 0.15) is 26.2 Å². The SMILES string of the molecule is CCCOc1cccc(NC(COC)C2CC2)c1. The molecule has 1 saturated carbocycles. The lowest BCUT2D eigenvalue weighted by Gasteiger charge is -2.19. The highest BCUT2D eigenvalue weighted by Gasteiger charge is 2.31. The van der Waals surface area contributed by atoms with Gasteiger partial charge in [0, 0.05) is 18.9 Å². The van der Waals surface area contributed by atoms with E-state index in [0.717, 1.165) is 37.0 Å². The minimum atomic E-state index is 0.427. The second-order valence-corrected chi connectivity index (χ2v) is 4.92. The van der Waals surface area contributed by atoms with Crippen molar-refractivity contribution in [2.75, 3.05) is 25.6 Å². The van der Waals surface area contributed by atoms with Gasteiger partial charge in [0.2, 0.25) is 0 Å². The summed E-state index contributed by atoms with van der Waals surface area (Å²) in [5.41, 5.74) is 1.12. The molecule has 3 nitrogen and oxygen atoms in total. The van der Waals surface area contributed by atoms with Gasteiger partial charge in [-0.2, -0.15) is 0 Å². The number of benzene rings is 1. The molecule has 18 heavy (non-hydrogen) atoms. The largest absolute Gasteiger partial charge is 0.494 e. The molecule has 2 rings (SSSR count). The molecule has 0 aromatic heterocycles. The number of rotatable bonds is 8. The van der Waals surface area contributed by atoms with Gasteiger partial charge in [-0.3, -0.25) is 0 Å². The van der Waals surface area contributed by atoms with Gasteiger partial charge < -0.3 is 14.8 Å². The zero-order chi connectivity index (χ0) is 12.8. The third kappa shape index (κ3) is 3.91. The van der Waals surface area contributed by atoms with Crippen LogP contribution >= 0.6 is 0 Å². The Bertz CT molecular complexity index is 363. The Morgan fingerprint density at radius 2 is 2.22 bits per heavy atom. The lowest BCUT2D eigenvalue weighted by atomic mass is 10.2. The summed E-state index contributed by atoms with van der Waals surface area (Å²) in [7, 11) is 1.76. The average molecular weight is 249 g/mol. The van der Waals surface area contributed by atoms with Gasteiger partial charge in [-0.25, -0.2) is 0 Å². The monoisotopic (exact) mass is 249 g/mol. The number of hydrogen-bond donors (Lipinski definition) is 1. The summed E-state index contributed by atoms with van der Waals surface area (Å²) in [6, 6.07) is 8.62. The number of nitrogens with one attached hydrogen (secondary N) is 1. The van der Waals surface area contributed by atoms with Crippen molar-refractivity contribution in [1.29, 1.82) is 0 Å². The van der Waals surface area contributed by atoms with Gasteiger partial charge in [0.25, 0.3) is 0 Å². The van der Waals surface area contributed by atoms with E-state index in [2.05, 4.69) is 24.4 Å². The molecule has 1 atom stereocenters. The molecule has 0 saturated heterocycles. The van der Waals surface area contributed by atoms with Crippen LogP contribution in [-0.4, -0.2) is 26.4 Å². The first-order valence-electron chi connectivity index (χ1n) is 6.81. The fraction of sp³-hybridized carbons (Fsp3) is 0.600. The van der Waals surface area contributed by atoms with E-state index >= 15 is 0 Å². The number of methoxy groups -OCH3 is 1. The summed E-state index contributed by atoms with van der Waals surface area (Å²) in [6.45, 7) is 3.65. The average Bonchev–Trinajstić information content (AvgIpc) is 3.21. The Kier molecular flexibility index (Phi) is 4.88. The molecule has 0 bridgehead atoms. The molecule has 1 aliphatic carbocycles. The van der Waals surface area contributed by atoms with Crippen LogP contribution in [0.15, 0.2) is 24.3 Å². The summed E-state index contributed by atoms with van der Waals surface area (Å²) >= 11 is 0. The van der Waals surface area contributed by atoms with Crippen molar-refractivity contribution < 1.29 is 9.47 Å². The van der Waals surface area contributed by atoms with Crippen molar-refractivity contribution in [3.8, 4) is 5.75 Å². The Morgan fingerprint density at radius 1 is 1.39 bits per heavy atom. The molecule has 0 aliphatic heterocycles. The molecule has 0 heterocycles. The number of anilines is 1. The molecule has 1 aliphatic rings. The number of hydrogen-bond acceptors (Lipinski definition) is 3. The second kappa shape index (κ2) is 6.64. The molecule has 1 aromatic carbocycles. The Morgan fingerprint density at radius 3 is 2.89 bits per heavy atom. The van der Waals surface area contributed by atoms with Gasteiger partial charge in [0.15, 0.2) is 0 Å². The first kappa shape index (κ1) is 13.2. The van der Waals surface area contributed by atoms with Crippen molar-refractivity contribution in [3.63, 3.8) is 0 Å². The Hall–Kier alpha value is -1.22. The van der Waals surface area contributed by atoms with Gasteiger partial charge >= 0.3 is 0 Å². The lowest BCUT2D eigenvalue weighted by molar-refractivity contribution is 0.179. The molecular weight excluding hydrogens is 226 g/mol. The van der Waals surface area contributed by atoms with E-state index in [1.807, 2.05) is 12.1 Å². The van der Waals surface area contributed by atoms with E-state index in [-0.39, 0.29) is 0 Å². The van der Waals surface area contributed by atoms with Crippen molar-refractivity contribution in [1.82, 2.24) is 0 Å². The van der Waals surface area contributed by atoms with E-state index in [4.69, 9.17) is 9.47 Å². The van der Waals surface area contributed by atoms with E-state index in [9.17, 15) is 0 Å². The molecule has 0 amide bonds. The van der Waals surface area contributed by atoms with Crippen LogP contribution in [0, 0.1) is 5.92 Å². The van der Waals surface area contributed by atoms with Gasteiger partial charge in [-0.15, -0.1) is 0 Å². The maximum absolute atomic E-state index is 5.64. The number of ether oxygens (including phenoxy) is 2. The second-order valence-electron chi connectivity index (χ2n) is 4.92. The topological polar surface area (TPSA) is 30.5 Å². The third-order valence-electron chi connectivity index (χ3n) is 3.20. The van der Waals surface area contributed by atoms with E-state index in [1.165, 1.54) is 12.8 Å². The fourth-order valence-electron chi connectivity index (χ4n) is 2.08. The molecular formula is C15H23NO2. The maximum atomic E-state index is 5.64. The van der Waals surface area contributed by atoms with Gasteiger partial charge in [-0.05, 0) is 37.3 Å². The molecule has 0 radical (unpaired) electrons. The van der Waals surface area contributed by atoms with Crippen LogP contribution in [0.3, 0.4) is 0 Å². The van der Waals surface area contributed by atoms with Crippen LogP contribution in [0.25, 0.3) is 0 Å². The summed E-state index contributed by atoms with van der Waals surface area (Å²) in [5, 5.41) is 3.55. The van der Waals surface area contributed by atoms with Crippen molar-refractivity contribution in [2.45, 2.75) is 32.2 Å². The van der Waals surface area contributed by atoms with Crippen LogP contribution in [0.5, 0.6) is 5.75 Å². The Balaban J connectivity index is 1.94. The third-order valence-corrected chi connectivity index (χ3v) is 3.20. The highest BCUT2D eigenvalue weighted by Crippen LogP contribution is 2.34. The highest BCUT2D eigenvalue weighted by molar-refractivity contribution is 5.49. The maximum Gasteiger partial charge on any atom is 0.121 e. The van der Waals surface area contributed by atoms with Crippen LogP contribution < -0.4 is 10.1 Å². The lowest BCUT2D eigenvalue weighted by Crippen LogP contribution is -2.27. The molecule has 3 heteroatoms. The summed E-state index contributed by atoms with van der Waals surface area (Å²) < 4.78 is 10.9. The highest BCUT2D eigenvalue weighted by atomic mass is 16.5. The van der Waals surface area contributed by atoms with E-state index < -0.39 is 0 Å². The molecule has 1 unspecified atom stereocenters. The van der Waals surface area contributed by atoms with Gasteiger partial charge in [0.1, 0.15) is 5.75 Å². The quantitative estimate of drug-likeness (QED) is 0.766. The zero-order valence-electron chi connectivity index (χ0n) is 11.3. The zero-order valence-corrected chi connectivity index (χ0v) is 11.3. The molecule has 1 fully saturated rings. The smallest absolute Gasteiger partial charge is 0.121 e. The first-order chi connectivity index (χ1) is 8.83. The van der Waals surface area contributed by atoms with Gasteiger partial charge in [0.05, 0.1) is 19.3 Å². The molecule has 1 N–H and O–H groups in total. The fourth-order valence-corrected chi connectivity index (χ4v) is 2.08. The summed E-state index contributed by atoms with van der Waals surface area (Å²) in [6.07, 6.45) is 3.66. The molecule has 1 aromatic rings. The molecule has 100 valence electrons. The van der Waals surface area contributed by atoms with E-state index in [0.29, 0.717) is 6.04 Å². The van der Waals surface area contributed by atoms with Crippen LogP contribution in [0.2, 0.25) is 0 Å². The van der Waals surface area contributed by atoms with Crippen molar-refractivity contribution in [3.05, 3.63) is 24.3 Å². The Labute approximate surface area is 109 Å². The standard InChI is InChI=1S/C15H23NO2/c1-3-9-18-14-6-4-5-13(10-14)16-15(11-17-2)12-7-8-12/h4-6,10,12,15-16H,3,7-9,11H2,1-2H3. The predicted octanol–water partition coefficient (Wildman–Crippen LogP) is 3.31. The summed E-state index contributed by atoms with van der Waals surface area (Å²) in [5.74, 6) is 1.71. The van der Waals surface area contributed by atoms with Crippen LogP contribution in [0.4, 0.5) is 5.69 Å². The first-order valence-corrected chi connectivity index (χ1v) is 6.81. The van der Waals surface area contributed by atoms with Crippen LogP contribution in [-0.2, 0) is 4.74 Å². The predicted molar refractivity (Wildman–Crippen MR) is 74.2 cm³/mol. The summed E-state index contributed by atoms with van der Waals surface area (Å²) in [4.78, 5) is 0. The van der Waals surface area contributed by atoms with Crippen molar-refractivity contribution >= 4 is 5.69 Å². The minimum Gasteiger partial charge on any atom is -0.494 e. The van der Waals surface area contributed by atoms with E-state index in [1.54, 1.807) is 7.11 Å². The normalized spacial score (nSPS) is 16.3. The molecule has 0 spiro atoms. The minimum absolute atomic E-state index is 0.427. The van der Waals surface area contributed by atoms with Gasteiger partial charge in [-0.1, -0.05) is 13.0 Å².